The van der Waals surface area contributed by atoms with E-state index in [1.54, 1.807) is 6.20 Å². The number of rotatable bonds is 5. The van der Waals surface area contributed by atoms with Gasteiger partial charge in [-0.3, -0.25) is 19.6 Å². The van der Waals surface area contributed by atoms with Crippen LogP contribution in [0.1, 0.15) is 25.5 Å². The third kappa shape index (κ3) is 4.44. The van der Waals surface area contributed by atoms with Gasteiger partial charge in [-0.05, 0) is 37.6 Å². The van der Waals surface area contributed by atoms with Crippen LogP contribution in [0.2, 0.25) is 0 Å². The fourth-order valence-corrected chi connectivity index (χ4v) is 3.28. The summed E-state index contributed by atoms with van der Waals surface area (Å²) in [7, 11) is 0. The molecule has 25 heavy (non-hydrogen) atoms. The highest BCUT2D eigenvalue weighted by molar-refractivity contribution is 5.94. The van der Waals surface area contributed by atoms with Gasteiger partial charge in [0, 0.05) is 50.3 Å². The molecule has 1 aromatic heterocycles. The molecule has 0 unspecified atom stereocenters. The van der Waals surface area contributed by atoms with E-state index >= 15 is 0 Å². The second kappa shape index (κ2) is 8.23. The van der Waals surface area contributed by atoms with Gasteiger partial charge in [0.1, 0.15) is 0 Å². The molecule has 1 aliphatic heterocycles. The normalized spacial score (nSPS) is 18.5. The fourth-order valence-electron chi connectivity index (χ4n) is 3.28. The summed E-state index contributed by atoms with van der Waals surface area (Å²) < 4.78 is 0. The molecule has 1 N–H and O–H groups in total. The minimum atomic E-state index is -0.129. The average molecular weight is 338 g/mol. The van der Waals surface area contributed by atoms with Gasteiger partial charge < -0.3 is 5.32 Å². The zero-order valence-corrected chi connectivity index (χ0v) is 14.9. The first-order valence-corrected chi connectivity index (χ1v) is 8.89. The predicted octanol–water partition coefficient (Wildman–Crippen LogP) is 2.79. The number of nitrogens with zero attached hydrogens (tertiary/aromatic N) is 3. The van der Waals surface area contributed by atoms with Crippen molar-refractivity contribution in [3.8, 4) is 0 Å². The number of carbonyl (C=O) groups is 1. The van der Waals surface area contributed by atoms with Crippen LogP contribution in [-0.4, -0.2) is 52.9 Å². The molecule has 1 aromatic carbocycles. The lowest BCUT2D eigenvalue weighted by molar-refractivity contribution is -0.121. The lowest BCUT2D eigenvalue weighted by Gasteiger charge is -2.40. The summed E-state index contributed by atoms with van der Waals surface area (Å²) in [5.74, 6) is 0.0555. The van der Waals surface area contributed by atoms with Gasteiger partial charge in [0.2, 0.25) is 5.91 Å². The SMILES string of the molecule is C[C@@H](C(=O)Nc1ccccc1)N1CCN([C@@H](C)c2cccnc2)CC1. The van der Waals surface area contributed by atoms with Crippen LogP contribution in [0.15, 0.2) is 54.9 Å². The third-order valence-electron chi connectivity index (χ3n) is 5.03. The number of piperazine rings is 1. The van der Waals surface area contributed by atoms with Crippen LogP contribution < -0.4 is 5.32 Å². The number of anilines is 1. The highest BCUT2D eigenvalue weighted by atomic mass is 16.2. The first-order valence-electron chi connectivity index (χ1n) is 8.89. The van der Waals surface area contributed by atoms with E-state index < -0.39 is 0 Å². The highest BCUT2D eigenvalue weighted by Crippen LogP contribution is 2.21. The van der Waals surface area contributed by atoms with Crippen LogP contribution in [0.25, 0.3) is 0 Å². The van der Waals surface area contributed by atoms with Crippen LogP contribution in [0.5, 0.6) is 0 Å². The van der Waals surface area contributed by atoms with Crippen molar-refractivity contribution in [2.24, 2.45) is 0 Å². The van der Waals surface area contributed by atoms with E-state index in [0.29, 0.717) is 6.04 Å². The maximum absolute atomic E-state index is 12.5. The molecular weight excluding hydrogens is 312 g/mol. The van der Waals surface area contributed by atoms with Crippen LogP contribution in [-0.2, 0) is 4.79 Å². The Morgan fingerprint density at radius 2 is 1.68 bits per heavy atom. The molecule has 0 saturated carbocycles. The molecule has 132 valence electrons. The molecule has 2 heterocycles. The van der Waals surface area contributed by atoms with Crippen molar-refractivity contribution < 1.29 is 4.79 Å². The molecule has 0 bridgehead atoms. The van der Waals surface area contributed by atoms with Crippen LogP contribution >= 0.6 is 0 Å². The topological polar surface area (TPSA) is 48.5 Å². The minimum Gasteiger partial charge on any atom is -0.325 e. The maximum atomic E-state index is 12.5. The van der Waals surface area contributed by atoms with Crippen molar-refractivity contribution in [3.05, 3.63) is 60.4 Å². The van der Waals surface area contributed by atoms with Gasteiger partial charge in [0.05, 0.1) is 6.04 Å². The summed E-state index contributed by atoms with van der Waals surface area (Å²) in [4.78, 5) is 21.4. The zero-order chi connectivity index (χ0) is 17.6. The van der Waals surface area contributed by atoms with Gasteiger partial charge in [-0.1, -0.05) is 24.3 Å². The monoisotopic (exact) mass is 338 g/mol. The largest absolute Gasteiger partial charge is 0.325 e. The molecule has 2 atom stereocenters. The first kappa shape index (κ1) is 17.6. The summed E-state index contributed by atoms with van der Waals surface area (Å²) in [6, 6.07) is 14.0. The molecular formula is C20H26N4O. The smallest absolute Gasteiger partial charge is 0.241 e. The van der Waals surface area contributed by atoms with Crippen molar-refractivity contribution in [2.75, 3.05) is 31.5 Å². The summed E-state index contributed by atoms with van der Waals surface area (Å²) in [5, 5.41) is 3.00. The minimum absolute atomic E-state index is 0.0555. The van der Waals surface area contributed by atoms with Gasteiger partial charge in [-0.2, -0.15) is 0 Å². The fraction of sp³-hybridized carbons (Fsp3) is 0.400. The van der Waals surface area contributed by atoms with Gasteiger partial charge in [-0.15, -0.1) is 0 Å². The van der Waals surface area contributed by atoms with Crippen LogP contribution in [0, 0.1) is 0 Å². The summed E-state index contributed by atoms with van der Waals surface area (Å²) >= 11 is 0. The predicted molar refractivity (Wildman–Crippen MR) is 100 cm³/mol. The number of carbonyl (C=O) groups excluding carboxylic acids is 1. The van der Waals surface area contributed by atoms with Gasteiger partial charge in [0.25, 0.3) is 0 Å². The van der Waals surface area contributed by atoms with Crippen molar-refractivity contribution in [1.29, 1.82) is 0 Å². The van der Waals surface area contributed by atoms with E-state index in [1.165, 1.54) is 5.56 Å². The molecule has 5 nitrogen and oxygen atoms in total. The van der Waals surface area contributed by atoms with E-state index in [1.807, 2.05) is 49.5 Å². The van der Waals surface area contributed by atoms with E-state index in [-0.39, 0.29) is 11.9 Å². The molecule has 1 fully saturated rings. The number of nitrogens with one attached hydrogen (secondary N) is 1. The Kier molecular flexibility index (Phi) is 5.79. The second-order valence-electron chi connectivity index (χ2n) is 6.57. The second-order valence-corrected chi connectivity index (χ2v) is 6.57. The highest BCUT2D eigenvalue weighted by Gasteiger charge is 2.27. The third-order valence-corrected chi connectivity index (χ3v) is 5.03. The number of aromatic nitrogens is 1. The summed E-state index contributed by atoms with van der Waals surface area (Å²) in [6.45, 7) is 7.91. The number of hydrogen-bond donors (Lipinski definition) is 1. The number of para-hydroxylation sites is 1. The van der Waals surface area contributed by atoms with Crippen molar-refractivity contribution in [3.63, 3.8) is 0 Å². The van der Waals surface area contributed by atoms with Crippen molar-refractivity contribution in [1.82, 2.24) is 14.8 Å². The lowest BCUT2D eigenvalue weighted by atomic mass is 10.1. The Morgan fingerprint density at radius 3 is 2.32 bits per heavy atom. The number of hydrogen-bond acceptors (Lipinski definition) is 4. The van der Waals surface area contributed by atoms with Crippen LogP contribution in [0.4, 0.5) is 5.69 Å². The van der Waals surface area contributed by atoms with Crippen molar-refractivity contribution >= 4 is 11.6 Å². The molecule has 1 amide bonds. The lowest BCUT2D eigenvalue weighted by Crippen LogP contribution is -2.53. The Labute approximate surface area is 149 Å². The molecule has 1 saturated heterocycles. The maximum Gasteiger partial charge on any atom is 0.241 e. The quantitative estimate of drug-likeness (QED) is 0.911. The van der Waals surface area contributed by atoms with E-state index in [9.17, 15) is 4.79 Å². The molecule has 5 heteroatoms. The Morgan fingerprint density at radius 1 is 1.00 bits per heavy atom. The van der Waals surface area contributed by atoms with Crippen molar-refractivity contribution in [2.45, 2.75) is 25.9 Å². The number of benzene rings is 1. The summed E-state index contributed by atoms with van der Waals surface area (Å²) in [5.41, 5.74) is 2.09. The number of amides is 1. The first-order chi connectivity index (χ1) is 12.1. The summed E-state index contributed by atoms with van der Waals surface area (Å²) in [6.07, 6.45) is 3.74. The zero-order valence-electron chi connectivity index (χ0n) is 14.9. The van der Waals surface area contributed by atoms with Crippen LogP contribution in [0.3, 0.4) is 0 Å². The Hall–Kier alpha value is -2.24. The molecule has 2 aromatic rings. The number of pyridine rings is 1. The van der Waals surface area contributed by atoms with Gasteiger partial charge in [0.15, 0.2) is 0 Å². The molecule has 0 spiro atoms. The van der Waals surface area contributed by atoms with E-state index in [4.69, 9.17) is 0 Å². The van der Waals surface area contributed by atoms with Gasteiger partial charge >= 0.3 is 0 Å². The standard InChI is InChI=1S/C20H26N4O/c1-16(18-7-6-10-21-15-18)23-11-13-24(14-12-23)17(2)20(25)22-19-8-4-3-5-9-19/h3-10,15-17H,11-14H2,1-2H3,(H,22,25)/t16-,17-/m0/s1. The van der Waals surface area contributed by atoms with E-state index in [2.05, 4.69) is 33.1 Å². The molecule has 0 aliphatic carbocycles. The molecule has 1 aliphatic rings. The molecule has 3 rings (SSSR count). The Bertz CT molecular complexity index is 669. The average Bonchev–Trinajstić information content (AvgIpc) is 2.68. The molecule has 0 radical (unpaired) electrons. The Balaban J connectivity index is 1.52. The van der Waals surface area contributed by atoms with Gasteiger partial charge in [-0.25, -0.2) is 0 Å². The van der Waals surface area contributed by atoms with E-state index in [0.717, 1.165) is 31.9 Å².